The third-order valence-corrected chi connectivity index (χ3v) is 6.30. The van der Waals surface area contributed by atoms with Gasteiger partial charge in [-0.15, -0.1) is 0 Å². The fourth-order valence-corrected chi connectivity index (χ4v) is 4.19. The molecule has 7 nitrogen and oxygen atoms in total. The lowest BCUT2D eigenvalue weighted by Crippen LogP contribution is -2.44. The summed E-state index contributed by atoms with van der Waals surface area (Å²) < 4.78 is 43.7. The Morgan fingerprint density at radius 2 is 1.71 bits per heavy atom. The molecule has 0 unspecified atom stereocenters. The predicted octanol–water partition coefficient (Wildman–Crippen LogP) is 4.75. The number of carboxylic acid groups (broad SMARTS) is 2. The van der Waals surface area contributed by atoms with E-state index in [1.807, 2.05) is 36.4 Å². The van der Waals surface area contributed by atoms with Gasteiger partial charge in [0.05, 0.1) is 13.0 Å². The van der Waals surface area contributed by atoms with Crippen LogP contribution in [0.4, 0.5) is 13.2 Å². The molecule has 11 heteroatoms. The molecule has 2 aromatic carbocycles. The SMILES string of the molecule is O=C(O)C(F)(F)F.O=C(O)CCN1CCC2(CC1)COc1cc(OCc3ccc(Cl)cc3)ccc12. The van der Waals surface area contributed by atoms with Crippen molar-refractivity contribution in [3.05, 3.63) is 58.6 Å². The largest absolute Gasteiger partial charge is 0.492 e. The second-order valence-corrected chi connectivity index (χ2v) is 8.87. The van der Waals surface area contributed by atoms with E-state index in [-0.39, 0.29) is 11.8 Å². The summed E-state index contributed by atoms with van der Waals surface area (Å²) in [6, 6.07) is 13.8. The zero-order chi connectivity index (χ0) is 25.6. The third kappa shape index (κ3) is 7.25. The summed E-state index contributed by atoms with van der Waals surface area (Å²) in [5, 5.41) is 16.7. The summed E-state index contributed by atoms with van der Waals surface area (Å²) in [5.41, 5.74) is 2.37. The van der Waals surface area contributed by atoms with Crippen LogP contribution >= 0.6 is 11.6 Å². The number of aliphatic carboxylic acids is 2. The van der Waals surface area contributed by atoms with Crippen LogP contribution in [0, 0.1) is 0 Å². The van der Waals surface area contributed by atoms with E-state index < -0.39 is 18.1 Å². The van der Waals surface area contributed by atoms with Crippen molar-refractivity contribution in [3.8, 4) is 11.5 Å². The van der Waals surface area contributed by atoms with Crippen molar-refractivity contribution in [1.29, 1.82) is 0 Å². The van der Waals surface area contributed by atoms with Gasteiger partial charge in [-0.2, -0.15) is 13.2 Å². The monoisotopic (exact) mass is 515 g/mol. The number of fused-ring (bicyclic) bond motifs is 2. The average Bonchev–Trinajstić information content (AvgIpc) is 3.15. The number of alkyl halides is 3. The number of benzene rings is 2. The molecular weight excluding hydrogens is 491 g/mol. The summed E-state index contributed by atoms with van der Waals surface area (Å²) in [7, 11) is 0. The number of carbonyl (C=O) groups is 2. The van der Waals surface area contributed by atoms with E-state index in [0.29, 0.717) is 24.8 Å². The summed E-state index contributed by atoms with van der Waals surface area (Å²) >= 11 is 5.92. The molecule has 190 valence electrons. The maximum atomic E-state index is 10.8. The van der Waals surface area contributed by atoms with E-state index in [2.05, 4.69) is 11.0 Å². The van der Waals surface area contributed by atoms with Gasteiger partial charge in [0, 0.05) is 28.6 Å². The zero-order valence-corrected chi connectivity index (χ0v) is 19.4. The van der Waals surface area contributed by atoms with Crippen LogP contribution in [-0.4, -0.2) is 59.5 Å². The van der Waals surface area contributed by atoms with Crippen LogP contribution in [0.25, 0.3) is 0 Å². The number of rotatable bonds is 6. The Labute approximate surface area is 205 Å². The van der Waals surface area contributed by atoms with E-state index in [1.165, 1.54) is 5.56 Å². The zero-order valence-electron chi connectivity index (χ0n) is 18.7. The molecule has 4 rings (SSSR count). The maximum Gasteiger partial charge on any atom is 0.490 e. The van der Waals surface area contributed by atoms with E-state index >= 15 is 0 Å². The van der Waals surface area contributed by atoms with Gasteiger partial charge in [-0.3, -0.25) is 4.79 Å². The van der Waals surface area contributed by atoms with Gasteiger partial charge >= 0.3 is 18.1 Å². The number of piperidine rings is 1. The van der Waals surface area contributed by atoms with Crippen LogP contribution in [0.5, 0.6) is 11.5 Å². The highest BCUT2D eigenvalue weighted by Crippen LogP contribution is 2.46. The minimum Gasteiger partial charge on any atom is -0.492 e. The molecule has 2 aliphatic heterocycles. The van der Waals surface area contributed by atoms with Crippen molar-refractivity contribution in [2.24, 2.45) is 0 Å². The van der Waals surface area contributed by atoms with Gasteiger partial charge in [-0.1, -0.05) is 29.8 Å². The van der Waals surface area contributed by atoms with Crippen molar-refractivity contribution in [1.82, 2.24) is 4.90 Å². The van der Waals surface area contributed by atoms with E-state index in [1.54, 1.807) is 0 Å². The Morgan fingerprint density at radius 3 is 2.29 bits per heavy atom. The number of hydrogen-bond acceptors (Lipinski definition) is 5. The first-order chi connectivity index (χ1) is 16.5. The van der Waals surface area contributed by atoms with Crippen molar-refractivity contribution in [3.63, 3.8) is 0 Å². The van der Waals surface area contributed by atoms with Crippen molar-refractivity contribution < 1.29 is 42.4 Å². The van der Waals surface area contributed by atoms with E-state index in [0.717, 1.165) is 43.0 Å². The molecule has 0 radical (unpaired) electrons. The first-order valence-electron chi connectivity index (χ1n) is 10.9. The van der Waals surface area contributed by atoms with Crippen molar-refractivity contribution >= 4 is 23.5 Å². The standard InChI is InChI=1S/C22H24ClNO4.C2HF3O2/c23-17-3-1-16(2-4-17)14-27-18-5-6-19-20(13-18)28-15-22(19)8-11-24(12-9-22)10-7-21(25)26;3-2(4,5)1(6)7/h1-6,13H,7-12,14-15H2,(H,25,26);(H,6,7). The molecule has 0 aliphatic carbocycles. The molecule has 0 aromatic heterocycles. The Bertz CT molecular complexity index is 1040. The summed E-state index contributed by atoms with van der Waals surface area (Å²) in [6.07, 6.45) is -2.90. The molecule has 0 bridgehead atoms. The molecule has 2 aliphatic rings. The Hall–Kier alpha value is -2.98. The van der Waals surface area contributed by atoms with E-state index in [4.69, 9.17) is 36.1 Å². The second-order valence-electron chi connectivity index (χ2n) is 8.43. The van der Waals surface area contributed by atoms with Gasteiger partial charge in [0.15, 0.2) is 0 Å². The first-order valence-corrected chi connectivity index (χ1v) is 11.3. The van der Waals surface area contributed by atoms with Crippen LogP contribution in [0.1, 0.15) is 30.4 Å². The molecule has 0 amide bonds. The summed E-state index contributed by atoms with van der Waals surface area (Å²) in [4.78, 5) is 21.9. The van der Waals surface area contributed by atoms with Gasteiger partial charge in [0.25, 0.3) is 0 Å². The normalized spacial score (nSPS) is 16.6. The minimum atomic E-state index is -5.08. The maximum absolute atomic E-state index is 10.8. The quantitative estimate of drug-likeness (QED) is 0.573. The smallest absolute Gasteiger partial charge is 0.490 e. The Morgan fingerprint density at radius 1 is 1.09 bits per heavy atom. The molecule has 0 atom stereocenters. The molecule has 1 saturated heterocycles. The highest BCUT2D eigenvalue weighted by molar-refractivity contribution is 6.30. The Kier molecular flexibility index (Phi) is 8.50. The number of carboxylic acids is 2. The van der Waals surface area contributed by atoms with Gasteiger partial charge in [0.1, 0.15) is 18.1 Å². The van der Waals surface area contributed by atoms with Crippen molar-refractivity contribution in [2.45, 2.75) is 37.5 Å². The highest BCUT2D eigenvalue weighted by atomic mass is 35.5. The lowest BCUT2D eigenvalue weighted by atomic mass is 9.74. The number of ether oxygens (including phenoxy) is 2. The lowest BCUT2D eigenvalue weighted by Gasteiger charge is -2.38. The van der Waals surface area contributed by atoms with Gasteiger partial charge in [0.2, 0.25) is 0 Å². The number of likely N-dealkylation sites (tertiary alicyclic amines) is 1. The van der Waals surface area contributed by atoms with Crippen molar-refractivity contribution in [2.75, 3.05) is 26.2 Å². The molecular formula is C24H25ClF3NO6. The average molecular weight is 516 g/mol. The minimum absolute atomic E-state index is 0.0454. The molecule has 0 saturated carbocycles. The van der Waals surface area contributed by atoms with Crippen LogP contribution in [0.15, 0.2) is 42.5 Å². The fraction of sp³-hybridized carbons (Fsp3) is 0.417. The highest BCUT2D eigenvalue weighted by Gasteiger charge is 2.43. The topological polar surface area (TPSA) is 96.3 Å². The fourth-order valence-electron chi connectivity index (χ4n) is 4.06. The van der Waals surface area contributed by atoms with Gasteiger partial charge < -0.3 is 24.6 Å². The van der Waals surface area contributed by atoms with E-state index in [9.17, 15) is 18.0 Å². The molecule has 2 heterocycles. The van der Waals surface area contributed by atoms with Crippen LogP contribution in [0.3, 0.4) is 0 Å². The van der Waals surface area contributed by atoms with Gasteiger partial charge in [-0.05, 0) is 49.7 Å². The number of halogens is 4. The number of nitrogens with zero attached hydrogens (tertiary/aromatic N) is 1. The molecule has 2 aromatic rings. The van der Waals surface area contributed by atoms with Gasteiger partial charge in [-0.25, -0.2) is 4.79 Å². The van der Waals surface area contributed by atoms with Crippen LogP contribution in [0.2, 0.25) is 5.02 Å². The lowest BCUT2D eigenvalue weighted by molar-refractivity contribution is -0.192. The summed E-state index contributed by atoms with van der Waals surface area (Å²) in [5.74, 6) is -1.79. The first kappa shape index (κ1) is 26.6. The molecule has 35 heavy (non-hydrogen) atoms. The Balaban J connectivity index is 0.000000429. The molecule has 1 fully saturated rings. The molecule has 2 N–H and O–H groups in total. The second kappa shape index (κ2) is 11.2. The predicted molar refractivity (Wildman–Crippen MR) is 121 cm³/mol. The summed E-state index contributed by atoms with van der Waals surface area (Å²) in [6.45, 7) is 3.61. The molecule has 1 spiro atoms. The third-order valence-electron chi connectivity index (χ3n) is 6.04. The van der Waals surface area contributed by atoms with Crippen LogP contribution in [-0.2, 0) is 21.6 Å². The number of hydrogen-bond donors (Lipinski definition) is 2. The van der Waals surface area contributed by atoms with Crippen LogP contribution < -0.4 is 9.47 Å².